The first-order chi connectivity index (χ1) is 8.11. The highest BCUT2D eigenvalue weighted by molar-refractivity contribution is 9.10. The van der Waals surface area contributed by atoms with E-state index in [1.165, 1.54) is 12.1 Å². The summed E-state index contributed by atoms with van der Waals surface area (Å²) in [6.07, 6.45) is 2.26. The van der Waals surface area contributed by atoms with Crippen LogP contribution in [0.2, 0.25) is 0 Å². The van der Waals surface area contributed by atoms with Gasteiger partial charge in [-0.15, -0.1) is 0 Å². The van der Waals surface area contributed by atoms with Gasteiger partial charge in [0.25, 0.3) is 0 Å². The molecular weight excluding hydrogens is 289 g/mol. The lowest BCUT2D eigenvalue weighted by Crippen LogP contribution is -2.29. The third kappa shape index (κ3) is 2.91. The average Bonchev–Trinajstić information content (AvgIpc) is 3.10. The Morgan fingerprint density at radius 2 is 2.24 bits per heavy atom. The smallest absolute Gasteiger partial charge is 0.214 e. The summed E-state index contributed by atoms with van der Waals surface area (Å²) in [7, 11) is 0. The summed E-state index contributed by atoms with van der Waals surface area (Å²) in [4.78, 5) is 23.6. The Balaban J connectivity index is 2.16. The molecule has 1 aliphatic carbocycles. The first-order valence-electron chi connectivity index (χ1n) is 5.31. The zero-order valence-corrected chi connectivity index (χ0v) is 10.6. The Morgan fingerprint density at radius 1 is 1.53 bits per heavy atom. The highest BCUT2D eigenvalue weighted by Gasteiger charge is 2.30. The Kier molecular flexibility index (Phi) is 3.57. The fourth-order valence-corrected chi connectivity index (χ4v) is 1.93. The molecule has 0 heterocycles. The lowest BCUT2D eigenvalue weighted by atomic mass is 10.2. The van der Waals surface area contributed by atoms with Crippen molar-refractivity contribution in [2.75, 3.05) is 11.4 Å². The van der Waals surface area contributed by atoms with E-state index in [4.69, 9.17) is 0 Å². The second kappa shape index (κ2) is 4.96. The number of carbonyl (C=O) groups is 2. The van der Waals surface area contributed by atoms with Gasteiger partial charge >= 0.3 is 0 Å². The van der Waals surface area contributed by atoms with Gasteiger partial charge in [-0.1, -0.05) is 15.9 Å². The van der Waals surface area contributed by atoms with Crippen LogP contribution < -0.4 is 4.90 Å². The van der Waals surface area contributed by atoms with Crippen molar-refractivity contribution in [3.05, 3.63) is 28.5 Å². The van der Waals surface area contributed by atoms with Crippen LogP contribution in [0.5, 0.6) is 0 Å². The largest absolute Gasteiger partial charge is 0.305 e. The molecule has 0 aliphatic heterocycles. The fraction of sp³-hybridized carbons (Fsp3) is 0.333. The van der Waals surface area contributed by atoms with Crippen molar-refractivity contribution in [3.8, 4) is 0 Å². The van der Waals surface area contributed by atoms with E-state index < -0.39 is 5.82 Å². The van der Waals surface area contributed by atoms with Gasteiger partial charge in [0.05, 0.1) is 12.2 Å². The van der Waals surface area contributed by atoms with Gasteiger partial charge in [-0.3, -0.25) is 9.59 Å². The van der Waals surface area contributed by atoms with Crippen LogP contribution in [0.25, 0.3) is 0 Å². The number of hydrogen-bond acceptors (Lipinski definition) is 2. The molecule has 0 saturated heterocycles. The second-order valence-corrected chi connectivity index (χ2v) is 4.99. The SMILES string of the molecule is O=CN(CC(=O)C1CC1)c1ccc(Br)cc1F. The maximum atomic E-state index is 13.6. The van der Waals surface area contributed by atoms with Crippen LogP contribution in [0.1, 0.15) is 12.8 Å². The number of benzene rings is 1. The summed E-state index contributed by atoms with van der Waals surface area (Å²) >= 11 is 3.14. The van der Waals surface area contributed by atoms with Crippen molar-refractivity contribution in [1.29, 1.82) is 0 Å². The minimum absolute atomic E-state index is 0.000538. The summed E-state index contributed by atoms with van der Waals surface area (Å²) in [5.41, 5.74) is 0.136. The van der Waals surface area contributed by atoms with Crippen molar-refractivity contribution in [2.45, 2.75) is 12.8 Å². The van der Waals surface area contributed by atoms with Gasteiger partial charge < -0.3 is 4.90 Å². The van der Waals surface area contributed by atoms with Gasteiger partial charge in [-0.25, -0.2) is 4.39 Å². The summed E-state index contributed by atoms with van der Waals surface area (Å²) < 4.78 is 14.2. The molecule has 0 bridgehead atoms. The first-order valence-corrected chi connectivity index (χ1v) is 6.11. The molecule has 90 valence electrons. The summed E-state index contributed by atoms with van der Waals surface area (Å²) in [5.74, 6) is -0.453. The van der Waals surface area contributed by atoms with E-state index in [-0.39, 0.29) is 23.9 Å². The molecule has 1 saturated carbocycles. The normalized spacial score (nSPS) is 14.5. The Labute approximate surface area is 107 Å². The lowest BCUT2D eigenvalue weighted by Gasteiger charge is -2.17. The number of ketones is 1. The van der Waals surface area contributed by atoms with Crippen LogP contribution in [0.3, 0.4) is 0 Å². The predicted molar refractivity (Wildman–Crippen MR) is 65.2 cm³/mol. The summed E-state index contributed by atoms with van der Waals surface area (Å²) in [6.45, 7) is -0.0489. The third-order valence-electron chi connectivity index (χ3n) is 2.71. The van der Waals surface area contributed by atoms with E-state index in [9.17, 15) is 14.0 Å². The molecule has 1 aromatic rings. The highest BCUT2D eigenvalue weighted by atomic mass is 79.9. The molecule has 1 fully saturated rings. The highest BCUT2D eigenvalue weighted by Crippen LogP contribution is 2.31. The maximum Gasteiger partial charge on any atom is 0.214 e. The van der Waals surface area contributed by atoms with Crippen molar-refractivity contribution < 1.29 is 14.0 Å². The van der Waals surface area contributed by atoms with Gasteiger partial charge in [0.1, 0.15) is 5.82 Å². The van der Waals surface area contributed by atoms with E-state index in [0.29, 0.717) is 10.9 Å². The number of hydrogen-bond donors (Lipinski definition) is 0. The molecule has 2 rings (SSSR count). The molecule has 0 atom stereocenters. The van der Waals surface area contributed by atoms with Crippen molar-refractivity contribution >= 4 is 33.8 Å². The van der Waals surface area contributed by atoms with Crippen LogP contribution in [-0.2, 0) is 9.59 Å². The lowest BCUT2D eigenvalue weighted by molar-refractivity contribution is -0.120. The molecule has 0 N–H and O–H groups in total. The number of nitrogens with zero attached hydrogens (tertiary/aromatic N) is 1. The Morgan fingerprint density at radius 3 is 2.76 bits per heavy atom. The van der Waals surface area contributed by atoms with Crippen LogP contribution in [0.4, 0.5) is 10.1 Å². The van der Waals surface area contributed by atoms with Crippen LogP contribution in [-0.4, -0.2) is 18.7 Å². The van der Waals surface area contributed by atoms with Crippen molar-refractivity contribution in [2.24, 2.45) is 5.92 Å². The minimum atomic E-state index is -0.518. The van der Waals surface area contributed by atoms with Crippen molar-refractivity contribution in [1.82, 2.24) is 0 Å². The number of carbonyl (C=O) groups excluding carboxylic acids is 2. The quantitative estimate of drug-likeness (QED) is 0.784. The van der Waals surface area contributed by atoms with E-state index >= 15 is 0 Å². The van der Waals surface area contributed by atoms with Gasteiger partial charge in [0, 0.05) is 10.4 Å². The molecule has 5 heteroatoms. The van der Waals surface area contributed by atoms with Crippen molar-refractivity contribution in [3.63, 3.8) is 0 Å². The standard InChI is InChI=1S/C12H11BrFNO2/c13-9-3-4-11(10(14)5-9)15(7-16)6-12(17)8-1-2-8/h3-5,7-8H,1-2,6H2. The van der Waals surface area contributed by atoms with E-state index in [1.54, 1.807) is 6.07 Å². The molecule has 17 heavy (non-hydrogen) atoms. The van der Waals surface area contributed by atoms with Crippen LogP contribution in [0.15, 0.2) is 22.7 Å². The molecule has 0 spiro atoms. The van der Waals surface area contributed by atoms with Gasteiger partial charge in [0.15, 0.2) is 5.78 Å². The molecule has 1 aliphatic rings. The van der Waals surface area contributed by atoms with E-state index in [2.05, 4.69) is 15.9 Å². The molecule has 0 radical (unpaired) electrons. The van der Waals surface area contributed by atoms with Crippen LogP contribution in [0, 0.1) is 11.7 Å². The number of Topliss-reactive ketones (excluding diaryl/α,β-unsaturated/α-hetero) is 1. The summed E-state index contributed by atoms with van der Waals surface area (Å²) in [6, 6.07) is 4.39. The molecule has 0 aromatic heterocycles. The molecular formula is C12H11BrFNO2. The second-order valence-electron chi connectivity index (χ2n) is 4.07. The monoisotopic (exact) mass is 299 g/mol. The van der Waals surface area contributed by atoms with E-state index in [0.717, 1.165) is 17.7 Å². The zero-order valence-electron chi connectivity index (χ0n) is 9.03. The van der Waals surface area contributed by atoms with Gasteiger partial charge in [-0.2, -0.15) is 0 Å². The number of amides is 1. The average molecular weight is 300 g/mol. The predicted octanol–water partition coefficient (Wildman–Crippen LogP) is 2.53. The number of halogens is 2. The number of rotatable bonds is 5. The molecule has 0 unspecified atom stereocenters. The van der Waals surface area contributed by atoms with E-state index in [1.807, 2.05) is 0 Å². The van der Waals surface area contributed by atoms with Gasteiger partial charge in [0.2, 0.25) is 6.41 Å². The maximum absolute atomic E-state index is 13.6. The van der Waals surface area contributed by atoms with Crippen LogP contribution >= 0.6 is 15.9 Å². The fourth-order valence-electron chi connectivity index (χ4n) is 1.60. The Hall–Kier alpha value is -1.23. The van der Waals surface area contributed by atoms with Gasteiger partial charge in [-0.05, 0) is 31.0 Å². The minimum Gasteiger partial charge on any atom is -0.305 e. The third-order valence-corrected chi connectivity index (χ3v) is 3.20. The molecule has 1 aromatic carbocycles. The molecule has 3 nitrogen and oxygen atoms in total. The summed E-state index contributed by atoms with van der Waals surface area (Å²) in [5, 5.41) is 0. The topological polar surface area (TPSA) is 37.4 Å². The Bertz CT molecular complexity index is 460. The zero-order chi connectivity index (χ0) is 12.4. The number of anilines is 1. The first kappa shape index (κ1) is 12.2. The molecule has 1 amide bonds.